The molecule has 0 aromatic carbocycles. The van der Waals surface area contributed by atoms with Crippen LogP contribution in [0.5, 0.6) is 0 Å². The largest absolute Gasteiger partial charge is 0.347 e. The van der Waals surface area contributed by atoms with E-state index in [1.165, 1.54) is 0 Å². The molecule has 0 amide bonds. The number of nitrogens with one attached hydrogen (secondary N) is 2. The minimum absolute atomic E-state index is 0.813. The maximum absolute atomic E-state index is 4.42. The lowest BCUT2D eigenvalue weighted by Crippen LogP contribution is -2.12. The second-order valence-electron chi connectivity index (χ2n) is 3.36. The summed E-state index contributed by atoms with van der Waals surface area (Å²) in [6.07, 6.45) is 2.74. The predicted octanol–water partition coefficient (Wildman–Crippen LogP) is 1.44. The molecular formula is C11H13N3. The highest BCUT2D eigenvalue weighted by molar-refractivity contribution is 5.23. The van der Waals surface area contributed by atoms with Crippen molar-refractivity contribution in [3.05, 3.63) is 53.9 Å². The molecule has 0 aliphatic carbocycles. The Morgan fingerprint density at radius 2 is 2.29 bits per heavy atom. The van der Waals surface area contributed by atoms with E-state index in [-0.39, 0.29) is 0 Å². The summed E-state index contributed by atoms with van der Waals surface area (Å²) in [5.41, 5.74) is 3.22. The van der Waals surface area contributed by atoms with Crippen molar-refractivity contribution in [2.45, 2.75) is 13.3 Å². The molecule has 0 saturated carbocycles. The number of nitrogens with zero attached hydrogens (tertiary/aromatic N) is 1. The standard InChI is InChI=1S/C11H13N3/c1-8-4-3-5-10(13-8)6-11-7-12-9(2)14-11/h3-5,7,12,14H,2,6H2,1H3. The molecule has 0 radical (unpaired) electrons. The lowest BCUT2D eigenvalue weighted by atomic mass is 10.2. The van der Waals surface area contributed by atoms with Gasteiger partial charge in [-0.2, -0.15) is 0 Å². The molecule has 0 fully saturated rings. The number of hydrogen-bond acceptors (Lipinski definition) is 3. The number of pyridine rings is 1. The molecule has 14 heavy (non-hydrogen) atoms. The molecule has 3 heteroatoms. The zero-order valence-corrected chi connectivity index (χ0v) is 8.17. The van der Waals surface area contributed by atoms with E-state index in [9.17, 15) is 0 Å². The maximum atomic E-state index is 4.42. The van der Waals surface area contributed by atoms with Gasteiger partial charge in [-0.25, -0.2) is 0 Å². The van der Waals surface area contributed by atoms with E-state index >= 15 is 0 Å². The van der Waals surface area contributed by atoms with Gasteiger partial charge in [0.15, 0.2) is 0 Å². The molecule has 0 unspecified atom stereocenters. The summed E-state index contributed by atoms with van der Waals surface area (Å²) >= 11 is 0. The van der Waals surface area contributed by atoms with Crippen molar-refractivity contribution < 1.29 is 0 Å². The van der Waals surface area contributed by atoms with Gasteiger partial charge in [-0.3, -0.25) is 4.98 Å². The van der Waals surface area contributed by atoms with Gasteiger partial charge in [0.2, 0.25) is 0 Å². The lowest BCUT2D eigenvalue weighted by Gasteiger charge is -2.03. The van der Waals surface area contributed by atoms with Crippen LogP contribution in [-0.2, 0) is 6.42 Å². The Labute approximate surface area is 83.6 Å². The molecule has 0 bridgehead atoms. The van der Waals surface area contributed by atoms with Crippen molar-refractivity contribution >= 4 is 0 Å². The first kappa shape index (κ1) is 8.81. The van der Waals surface area contributed by atoms with E-state index in [0.29, 0.717) is 0 Å². The zero-order chi connectivity index (χ0) is 9.97. The Hall–Kier alpha value is -1.77. The Morgan fingerprint density at radius 1 is 1.43 bits per heavy atom. The molecule has 2 rings (SSSR count). The van der Waals surface area contributed by atoms with Gasteiger partial charge in [-0.15, -0.1) is 0 Å². The smallest absolute Gasteiger partial charge is 0.0995 e. The van der Waals surface area contributed by atoms with Gasteiger partial charge in [0.1, 0.15) is 0 Å². The number of rotatable bonds is 2. The van der Waals surface area contributed by atoms with Crippen molar-refractivity contribution in [3.63, 3.8) is 0 Å². The molecule has 3 nitrogen and oxygen atoms in total. The van der Waals surface area contributed by atoms with Crippen molar-refractivity contribution in [2.24, 2.45) is 0 Å². The van der Waals surface area contributed by atoms with Crippen LogP contribution in [0.2, 0.25) is 0 Å². The molecule has 1 aromatic rings. The second-order valence-corrected chi connectivity index (χ2v) is 3.36. The minimum atomic E-state index is 0.813. The Kier molecular flexibility index (Phi) is 2.23. The molecule has 0 atom stereocenters. The fraction of sp³-hybridized carbons (Fsp3) is 0.182. The average Bonchev–Trinajstić information content (AvgIpc) is 2.51. The zero-order valence-electron chi connectivity index (χ0n) is 8.17. The summed E-state index contributed by atoms with van der Waals surface area (Å²) in [7, 11) is 0. The number of allylic oxidation sites excluding steroid dienone is 1. The third-order valence-electron chi connectivity index (χ3n) is 2.05. The fourth-order valence-electron chi connectivity index (χ4n) is 1.43. The highest BCUT2D eigenvalue weighted by Gasteiger charge is 2.07. The van der Waals surface area contributed by atoms with Gasteiger partial charge in [0.25, 0.3) is 0 Å². The van der Waals surface area contributed by atoms with Crippen LogP contribution in [-0.4, -0.2) is 4.98 Å². The molecule has 2 heterocycles. The molecule has 1 aliphatic rings. The second kappa shape index (κ2) is 3.54. The Morgan fingerprint density at radius 3 is 2.93 bits per heavy atom. The van der Waals surface area contributed by atoms with Gasteiger partial charge in [0, 0.05) is 29.7 Å². The van der Waals surface area contributed by atoms with Crippen molar-refractivity contribution in [2.75, 3.05) is 0 Å². The average molecular weight is 187 g/mol. The molecule has 0 spiro atoms. The summed E-state index contributed by atoms with van der Waals surface area (Å²) in [6.45, 7) is 5.77. The van der Waals surface area contributed by atoms with Gasteiger partial charge < -0.3 is 10.6 Å². The summed E-state index contributed by atoms with van der Waals surface area (Å²) < 4.78 is 0. The lowest BCUT2D eigenvalue weighted by molar-refractivity contribution is 0.905. The predicted molar refractivity (Wildman–Crippen MR) is 56.2 cm³/mol. The van der Waals surface area contributed by atoms with Crippen LogP contribution in [0.1, 0.15) is 11.4 Å². The van der Waals surface area contributed by atoms with Gasteiger partial charge >= 0.3 is 0 Å². The number of aromatic nitrogens is 1. The highest BCUT2D eigenvalue weighted by Crippen LogP contribution is 2.07. The van der Waals surface area contributed by atoms with E-state index in [1.54, 1.807) is 0 Å². The van der Waals surface area contributed by atoms with Crippen LogP contribution < -0.4 is 10.6 Å². The first-order valence-corrected chi connectivity index (χ1v) is 4.58. The van der Waals surface area contributed by atoms with Gasteiger partial charge in [0.05, 0.1) is 5.82 Å². The van der Waals surface area contributed by atoms with Gasteiger partial charge in [-0.05, 0) is 19.1 Å². The molecular weight excluding hydrogens is 174 g/mol. The fourth-order valence-corrected chi connectivity index (χ4v) is 1.43. The van der Waals surface area contributed by atoms with Crippen LogP contribution in [0.25, 0.3) is 0 Å². The highest BCUT2D eigenvalue weighted by atomic mass is 15.1. The third kappa shape index (κ3) is 1.93. The monoisotopic (exact) mass is 187 g/mol. The summed E-state index contributed by atoms with van der Waals surface area (Å²) in [4.78, 5) is 4.42. The summed E-state index contributed by atoms with van der Waals surface area (Å²) in [5, 5.41) is 6.15. The van der Waals surface area contributed by atoms with Crippen LogP contribution in [0.15, 0.2) is 42.5 Å². The molecule has 1 aromatic heterocycles. The molecule has 0 saturated heterocycles. The first-order valence-electron chi connectivity index (χ1n) is 4.58. The minimum Gasteiger partial charge on any atom is -0.347 e. The molecule has 1 aliphatic heterocycles. The third-order valence-corrected chi connectivity index (χ3v) is 2.05. The quantitative estimate of drug-likeness (QED) is 0.735. The normalized spacial score (nSPS) is 14.6. The molecule has 2 N–H and O–H groups in total. The topological polar surface area (TPSA) is 37.0 Å². The Bertz CT molecular complexity index is 393. The maximum Gasteiger partial charge on any atom is 0.0995 e. The molecule has 72 valence electrons. The van der Waals surface area contributed by atoms with Crippen LogP contribution in [0.3, 0.4) is 0 Å². The van der Waals surface area contributed by atoms with Crippen molar-refractivity contribution in [1.29, 1.82) is 0 Å². The SMILES string of the molecule is C=C1NC=C(Cc2cccc(C)n2)N1. The van der Waals surface area contributed by atoms with Gasteiger partial charge in [-0.1, -0.05) is 12.6 Å². The van der Waals surface area contributed by atoms with E-state index in [1.807, 2.05) is 31.3 Å². The summed E-state index contributed by atoms with van der Waals surface area (Å²) in [5.74, 6) is 0.827. The van der Waals surface area contributed by atoms with Crippen molar-refractivity contribution in [1.82, 2.24) is 15.6 Å². The number of aryl methyl sites for hydroxylation is 1. The van der Waals surface area contributed by atoms with Crippen LogP contribution >= 0.6 is 0 Å². The Balaban J connectivity index is 2.08. The van der Waals surface area contributed by atoms with E-state index in [2.05, 4.69) is 22.2 Å². The van der Waals surface area contributed by atoms with E-state index < -0.39 is 0 Å². The van der Waals surface area contributed by atoms with Crippen LogP contribution in [0.4, 0.5) is 0 Å². The summed E-state index contributed by atoms with van der Waals surface area (Å²) in [6, 6.07) is 6.04. The number of hydrogen-bond donors (Lipinski definition) is 2. The van der Waals surface area contributed by atoms with Crippen molar-refractivity contribution in [3.8, 4) is 0 Å². The van der Waals surface area contributed by atoms with E-state index in [4.69, 9.17) is 0 Å². The first-order chi connectivity index (χ1) is 6.74. The van der Waals surface area contributed by atoms with E-state index in [0.717, 1.165) is 29.3 Å². The van der Waals surface area contributed by atoms with Crippen LogP contribution in [0, 0.1) is 6.92 Å².